The summed E-state index contributed by atoms with van der Waals surface area (Å²) in [6.45, 7) is 2.11. The molecule has 0 spiro atoms. The van der Waals surface area contributed by atoms with Gasteiger partial charge in [-0.05, 0) is 81.9 Å². The molecule has 124 valence electrons. The van der Waals surface area contributed by atoms with Crippen molar-refractivity contribution in [2.75, 3.05) is 5.75 Å². The second-order valence-electron chi connectivity index (χ2n) is 5.15. The van der Waals surface area contributed by atoms with E-state index in [-0.39, 0.29) is 5.56 Å². The first-order valence-electron chi connectivity index (χ1n) is 7.32. The fourth-order valence-electron chi connectivity index (χ4n) is 2.33. The average molecular weight is 583 g/mol. The molecule has 1 aromatic heterocycles. The van der Waals surface area contributed by atoms with E-state index in [9.17, 15) is 4.79 Å². The molecule has 3 nitrogen and oxygen atoms in total. The standard InChI is InChI=1S/C17H13ClI2N2OS/c1-2-6-24-17-21-15-13(8-11(19)9-14(15)20)16(23)22(17)12-5-3-4-10(18)7-12/h3-5,7-9H,2,6H2,1H3. The minimum atomic E-state index is -0.0581. The summed E-state index contributed by atoms with van der Waals surface area (Å²) in [7, 11) is 0. The average Bonchev–Trinajstić information content (AvgIpc) is 2.54. The van der Waals surface area contributed by atoms with Crippen LogP contribution in [0.4, 0.5) is 0 Å². The molecule has 0 bridgehead atoms. The smallest absolute Gasteiger partial charge is 0.266 e. The number of benzene rings is 2. The van der Waals surface area contributed by atoms with Crippen LogP contribution in [0.1, 0.15) is 13.3 Å². The molecule has 24 heavy (non-hydrogen) atoms. The summed E-state index contributed by atoms with van der Waals surface area (Å²) in [5.41, 5.74) is 1.45. The summed E-state index contributed by atoms with van der Waals surface area (Å²) in [4.78, 5) is 18.0. The summed E-state index contributed by atoms with van der Waals surface area (Å²) in [5.74, 6) is 0.902. The van der Waals surface area contributed by atoms with E-state index in [1.165, 1.54) is 0 Å². The van der Waals surface area contributed by atoms with Gasteiger partial charge in [0.25, 0.3) is 5.56 Å². The molecule has 0 unspecified atom stereocenters. The highest BCUT2D eigenvalue weighted by Crippen LogP contribution is 2.26. The van der Waals surface area contributed by atoms with Crippen molar-refractivity contribution in [3.05, 3.63) is 58.9 Å². The van der Waals surface area contributed by atoms with Crippen LogP contribution >= 0.6 is 68.5 Å². The first-order valence-corrected chi connectivity index (χ1v) is 10.8. The van der Waals surface area contributed by atoms with E-state index < -0.39 is 0 Å². The molecule has 0 amide bonds. The van der Waals surface area contributed by atoms with E-state index in [2.05, 4.69) is 52.1 Å². The third-order valence-electron chi connectivity index (χ3n) is 3.36. The Hall–Kier alpha value is -0.320. The summed E-state index contributed by atoms with van der Waals surface area (Å²) in [6, 6.07) is 11.3. The largest absolute Gasteiger partial charge is 0.268 e. The normalized spacial score (nSPS) is 11.2. The Kier molecular flexibility index (Phi) is 6.10. The van der Waals surface area contributed by atoms with Crippen molar-refractivity contribution < 1.29 is 0 Å². The molecule has 0 aliphatic heterocycles. The highest BCUT2D eigenvalue weighted by Gasteiger charge is 2.15. The quantitative estimate of drug-likeness (QED) is 0.223. The Labute approximate surface area is 176 Å². The van der Waals surface area contributed by atoms with E-state index >= 15 is 0 Å². The summed E-state index contributed by atoms with van der Waals surface area (Å²) in [5, 5.41) is 1.94. The molecular formula is C17H13ClI2N2OS. The number of rotatable bonds is 4. The third-order valence-corrected chi connectivity index (χ3v) is 6.19. The van der Waals surface area contributed by atoms with Crippen molar-refractivity contribution in [1.82, 2.24) is 9.55 Å². The minimum Gasteiger partial charge on any atom is -0.268 e. The Morgan fingerprint density at radius 1 is 1.25 bits per heavy atom. The summed E-state index contributed by atoms with van der Waals surface area (Å²) >= 11 is 12.2. The minimum absolute atomic E-state index is 0.0581. The van der Waals surface area contributed by atoms with Crippen LogP contribution in [0.25, 0.3) is 16.6 Å². The zero-order valence-corrected chi connectivity index (χ0v) is 18.6. The van der Waals surface area contributed by atoms with Gasteiger partial charge in [0.05, 0.1) is 16.6 Å². The highest BCUT2D eigenvalue weighted by molar-refractivity contribution is 14.1. The SMILES string of the molecule is CCCSc1nc2c(I)cc(I)cc2c(=O)n1-c1cccc(Cl)c1. The summed E-state index contributed by atoms with van der Waals surface area (Å²) in [6.07, 6.45) is 1.01. The van der Waals surface area contributed by atoms with Crippen molar-refractivity contribution in [1.29, 1.82) is 0 Å². The number of aromatic nitrogens is 2. The van der Waals surface area contributed by atoms with Gasteiger partial charge in [0.1, 0.15) is 0 Å². The van der Waals surface area contributed by atoms with E-state index in [4.69, 9.17) is 16.6 Å². The Morgan fingerprint density at radius 3 is 2.75 bits per heavy atom. The number of hydrogen-bond acceptors (Lipinski definition) is 3. The van der Waals surface area contributed by atoms with Gasteiger partial charge in [-0.25, -0.2) is 4.98 Å². The fourth-order valence-corrected chi connectivity index (χ4v) is 5.34. The molecule has 0 aliphatic rings. The number of thioether (sulfide) groups is 1. The Morgan fingerprint density at radius 2 is 2.04 bits per heavy atom. The van der Waals surface area contributed by atoms with E-state index in [0.717, 1.165) is 30.5 Å². The molecule has 0 saturated carbocycles. The van der Waals surface area contributed by atoms with Gasteiger partial charge in [-0.3, -0.25) is 9.36 Å². The monoisotopic (exact) mass is 582 g/mol. The molecule has 3 aromatic rings. The molecule has 0 aliphatic carbocycles. The second kappa shape index (κ2) is 7.92. The number of hydrogen-bond donors (Lipinski definition) is 0. The van der Waals surface area contributed by atoms with Crippen LogP contribution < -0.4 is 5.56 Å². The molecule has 3 rings (SSSR count). The molecule has 0 atom stereocenters. The van der Waals surface area contributed by atoms with E-state index in [1.807, 2.05) is 24.3 Å². The van der Waals surface area contributed by atoms with Gasteiger partial charge in [-0.2, -0.15) is 0 Å². The van der Waals surface area contributed by atoms with Crippen molar-refractivity contribution in [3.8, 4) is 5.69 Å². The number of nitrogens with zero attached hydrogens (tertiary/aromatic N) is 2. The zero-order valence-electron chi connectivity index (χ0n) is 12.7. The molecule has 2 aromatic carbocycles. The molecule has 1 heterocycles. The molecule has 7 heteroatoms. The van der Waals surface area contributed by atoms with Gasteiger partial charge in [0.15, 0.2) is 5.16 Å². The van der Waals surface area contributed by atoms with Crippen molar-refractivity contribution >= 4 is 79.4 Å². The first kappa shape index (κ1) is 18.5. The van der Waals surface area contributed by atoms with Crippen LogP contribution in [0.2, 0.25) is 5.02 Å². The lowest BCUT2D eigenvalue weighted by molar-refractivity contribution is 0.818. The van der Waals surface area contributed by atoms with Gasteiger partial charge < -0.3 is 0 Å². The van der Waals surface area contributed by atoms with Crippen LogP contribution in [-0.2, 0) is 0 Å². The second-order valence-corrected chi connectivity index (χ2v) is 9.05. The topological polar surface area (TPSA) is 34.9 Å². The maximum Gasteiger partial charge on any atom is 0.266 e. The molecule has 0 N–H and O–H groups in total. The number of halogens is 3. The van der Waals surface area contributed by atoms with Gasteiger partial charge in [-0.15, -0.1) is 0 Å². The van der Waals surface area contributed by atoms with Crippen molar-refractivity contribution in [2.24, 2.45) is 0 Å². The number of fused-ring (bicyclic) bond motifs is 1. The molecule has 0 radical (unpaired) electrons. The fraction of sp³-hybridized carbons (Fsp3) is 0.176. The van der Waals surface area contributed by atoms with Crippen LogP contribution in [0, 0.1) is 7.14 Å². The van der Waals surface area contributed by atoms with Crippen LogP contribution in [0.5, 0.6) is 0 Å². The molecule has 0 saturated heterocycles. The predicted molar refractivity (Wildman–Crippen MR) is 119 cm³/mol. The molecular weight excluding hydrogens is 570 g/mol. The third kappa shape index (κ3) is 3.76. The van der Waals surface area contributed by atoms with E-state index in [1.54, 1.807) is 28.5 Å². The van der Waals surface area contributed by atoms with Crippen molar-refractivity contribution in [2.45, 2.75) is 18.5 Å². The van der Waals surface area contributed by atoms with Crippen molar-refractivity contribution in [3.63, 3.8) is 0 Å². The maximum absolute atomic E-state index is 13.2. The van der Waals surface area contributed by atoms with Crippen LogP contribution in [0.15, 0.2) is 46.3 Å². The first-order chi connectivity index (χ1) is 11.5. The Bertz CT molecular complexity index is 975. The highest BCUT2D eigenvalue weighted by atomic mass is 127. The van der Waals surface area contributed by atoms with Crippen LogP contribution in [-0.4, -0.2) is 15.3 Å². The lowest BCUT2D eigenvalue weighted by Crippen LogP contribution is -2.22. The molecule has 0 fully saturated rings. The zero-order chi connectivity index (χ0) is 17.3. The van der Waals surface area contributed by atoms with Gasteiger partial charge in [0.2, 0.25) is 0 Å². The van der Waals surface area contributed by atoms with Crippen LogP contribution in [0.3, 0.4) is 0 Å². The van der Waals surface area contributed by atoms with Gasteiger partial charge in [0, 0.05) is 17.9 Å². The maximum atomic E-state index is 13.2. The summed E-state index contributed by atoms with van der Waals surface area (Å²) < 4.78 is 3.68. The predicted octanol–water partition coefficient (Wildman–Crippen LogP) is 5.75. The Balaban J connectivity index is 2.36. The van der Waals surface area contributed by atoms with Gasteiger partial charge >= 0.3 is 0 Å². The van der Waals surface area contributed by atoms with E-state index in [0.29, 0.717) is 15.6 Å². The lowest BCUT2D eigenvalue weighted by atomic mass is 10.2. The van der Waals surface area contributed by atoms with Gasteiger partial charge in [-0.1, -0.05) is 36.4 Å². The lowest BCUT2D eigenvalue weighted by Gasteiger charge is -2.14.